The fourth-order valence-electron chi connectivity index (χ4n) is 1.79. The minimum absolute atomic E-state index is 0.104. The van der Waals surface area contributed by atoms with E-state index in [9.17, 15) is 4.39 Å². The molecule has 0 saturated carbocycles. The van der Waals surface area contributed by atoms with Crippen LogP contribution < -0.4 is 5.32 Å². The van der Waals surface area contributed by atoms with Crippen LogP contribution in [0.5, 0.6) is 0 Å². The highest BCUT2D eigenvalue weighted by Gasteiger charge is 2.18. The molecule has 0 aliphatic rings. The largest absolute Gasteiger partial charge is 0.306 e. The van der Waals surface area contributed by atoms with Crippen LogP contribution in [0, 0.1) is 12.7 Å². The fraction of sp³-hybridized carbons (Fsp3) is 0.308. The summed E-state index contributed by atoms with van der Waals surface area (Å²) in [6.07, 6.45) is 1.82. The van der Waals surface area contributed by atoms with Gasteiger partial charge in [-0.3, -0.25) is 0 Å². The quantitative estimate of drug-likeness (QED) is 0.900. The van der Waals surface area contributed by atoms with Crippen molar-refractivity contribution in [2.75, 3.05) is 6.54 Å². The summed E-state index contributed by atoms with van der Waals surface area (Å²) in [5.41, 5.74) is 0.679. The summed E-state index contributed by atoms with van der Waals surface area (Å²) in [7, 11) is 0. The van der Waals surface area contributed by atoms with Gasteiger partial charge in [-0.05, 0) is 19.5 Å². The van der Waals surface area contributed by atoms with Gasteiger partial charge in [-0.2, -0.15) is 0 Å². The molecule has 2 rings (SSSR count). The highest BCUT2D eigenvalue weighted by molar-refractivity contribution is 7.11. The molecular formula is C13H15FN2S. The molecule has 1 heterocycles. The summed E-state index contributed by atoms with van der Waals surface area (Å²) in [6, 6.07) is 6.77. The molecule has 0 bridgehead atoms. The first-order valence-electron chi connectivity index (χ1n) is 5.62. The van der Waals surface area contributed by atoms with E-state index in [4.69, 9.17) is 0 Å². The van der Waals surface area contributed by atoms with Crippen molar-refractivity contribution in [3.05, 3.63) is 51.7 Å². The molecule has 1 aromatic heterocycles. The lowest BCUT2D eigenvalue weighted by molar-refractivity contribution is 0.563. The average molecular weight is 250 g/mol. The van der Waals surface area contributed by atoms with Gasteiger partial charge in [0.15, 0.2) is 0 Å². The maximum Gasteiger partial charge on any atom is 0.128 e. The first-order valence-corrected chi connectivity index (χ1v) is 6.44. The van der Waals surface area contributed by atoms with Crippen LogP contribution in [0.2, 0.25) is 0 Å². The third-order valence-electron chi connectivity index (χ3n) is 2.55. The zero-order valence-electron chi connectivity index (χ0n) is 9.90. The Kier molecular flexibility index (Phi) is 3.86. The molecule has 0 aliphatic carbocycles. The molecule has 2 aromatic rings. The van der Waals surface area contributed by atoms with Gasteiger partial charge in [-0.1, -0.05) is 25.1 Å². The lowest BCUT2D eigenvalue weighted by atomic mass is 10.1. The maximum atomic E-state index is 13.8. The molecule has 17 heavy (non-hydrogen) atoms. The third-order valence-corrected chi connectivity index (χ3v) is 3.53. The molecule has 0 radical (unpaired) electrons. The topological polar surface area (TPSA) is 24.9 Å². The van der Waals surface area contributed by atoms with Crippen molar-refractivity contribution in [2.45, 2.75) is 19.9 Å². The molecule has 2 nitrogen and oxygen atoms in total. The van der Waals surface area contributed by atoms with Crippen molar-refractivity contribution in [2.24, 2.45) is 0 Å². The number of benzene rings is 1. The average Bonchev–Trinajstić information content (AvgIpc) is 2.74. The highest BCUT2D eigenvalue weighted by Crippen LogP contribution is 2.28. The molecule has 0 amide bonds. The summed E-state index contributed by atoms with van der Waals surface area (Å²) in [4.78, 5) is 5.28. The molecule has 1 aromatic carbocycles. The summed E-state index contributed by atoms with van der Waals surface area (Å²) in [5, 5.41) is 4.30. The smallest absolute Gasteiger partial charge is 0.128 e. The number of nitrogens with one attached hydrogen (secondary N) is 1. The number of hydrogen-bond acceptors (Lipinski definition) is 3. The lowest BCUT2D eigenvalue weighted by Crippen LogP contribution is -2.22. The van der Waals surface area contributed by atoms with Gasteiger partial charge in [-0.25, -0.2) is 9.37 Å². The Bertz CT molecular complexity index is 496. The van der Waals surface area contributed by atoms with E-state index in [1.54, 1.807) is 17.4 Å². The second-order valence-electron chi connectivity index (χ2n) is 3.79. The van der Waals surface area contributed by atoms with Crippen LogP contribution in [0.15, 0.2) is 30.5 Å². The van der Waals surface area contributed by atoms with Crippen molar-refractivity contribution in [1.29, 1.82) is 0 Å². The highest BCUT2D eigenvalue weighted by atomic mass is 32.1. The van der Waals surface area contributed by atoms with Crippen LogP contribution in [0.3, 0.4) is 0 Å². The Balaban J connectivity index is 2.39. The molecule has 0 aliphatic heterocycles. The molecule has 1 unspecified atom stereocenters. The van der Waals surface area contributed by atoms with Crippen molar-refractivity contribution in [3.8, 4) is 0 Å². The van der Waals surface area contributed by atoms with Crippen molar-refractivity contribution < 1.29 is 4.39 Å². The molecule has 0 spiro atoms. The third kappa shape index (κ3) is 2.70. The van der Waals surface area contributed by atoms with Gasteiger partial charge in [0.2, 0.25) is 0 Å². The summed E-state index contributed by atoms with van der Waals surface area (Å²) < 4.78 is 13.8. The van der Waals surface area contributed by atoms with Gasteiger partial charge in [0, 0.05) is 16.6 Å². The van der Waals surface area contributed by atoms with Crippen LogP contribution in [0.1, 0.15) is 28.4 Å². The standard InChI is InChI=1S/C13H15FN2S/c1-3-15-13(12-8-16-9(2)17-12)10-6-4-5-7-11(10)14/h4-8,13,15H,3H2,1-2H3. The second kappa shape index (κ2) is 5.38. The zero-order chi connectivity index (χ0) is 12.3. The Morgan fingerprint density at radius 3 is 2.76 bits per heavy atom. The van der Waals surface area contributed by atoms with E-state index in [2.05, 4.69) is 10.3 Å². The first kappa shape index (κ1) is 12.2. The number of halogens is 1. The molecule has 0 saturated heterocycles. The van der Waals surface area contributed by atoms with E-state index in [1.165, 1.54) is 6.07 Å². The van der Waals surface area contributed by atoms with E-state index in [0.29, 0.717) is 5.56 Å². The minimum Gasteiger partial charge on any atom is -0.306 e. The van der Waals surface area contributed by atoms with Gasteiger partial charge in [0.25, 0.3) is 0 Å². The normalized spacial score (nSPS) is 12.6. The van der Waals surface area contributed by atoms with Crippen molar-refractivity contribution >= 4 is 11.3 Å². The zero-order valence-corrected chi connectivity index (χ0v) is 10.7. The van der Waals surface area contributed by atoms with Gasteiger partial charge in [-0.15, -0.1) is 11.3 Å². The van der Waals surface area contributed by atoms with Crippen LogP contribution in [0.25, 0.3) is 0 Å². The Morgan fingerprint density at radius 2 is 2.18 bits per heavy atom. The first-order chi connectivity index (χ1) is 8.22. The van der Waals surface area contributed by atoms with Crippen LogP contribution in [-0.2, 0) is 0 Å². The number of thiazole rings is 1. The number of aromatic nitrogens is 1. The SMILES string of the molecule is CCNC(c1cnc(C)s1)c1ccccc1F. The van der Waals surface area contributed by atoms with E-state index in [0.717, 1.165) is 16.4 Å². The van der Waals surface area contributed by atoms with Crippen molar-refractivity contribution in [1.82, 2.24) is 10.3 Å². The fourth-order valence-corrected chi connectivity index (χ4v) is 2.67. The molecular weight excluding hydrogens is 235 g/mol. The summed E-state index contributed by atoms with van der Waals surface area (Å²) >= 11 is 1.60. The number of nitrogens with zero attached hydrogens (tertiary/aromatic N) is 1. The van der Waals surface area contributed by atoms with Crippen molar-refractivity contribution in [3.63, 3.8) is 0 Å². The maximum absolute atomic E-state index is 13.8. The minimum atomic E-state index is -0.176. The van der Waals surface area contributed by atoms with Crippen LogP contribution in [-0.4, -0.2) is 11.5 Å². The number of aryl methyl sites for hydroxylation is 1. The molecule has 0 fully saturated rings. The molecule has 1 atom stereocenters. The summed E-state index contributed by atoms with van der Waals surface area (Å²) in [6.45, 7) is 4.76. The van der Waals surface area contributed by atoms with E-state index >= 15 is 0 Å². The lowest BCUT2D eigenvalue weighted by Gasteiger charge is -2.17. The number of rotatable bonds is 4. The molecule has 90 valence electrons. The van der Waals surface area contributed by atoms with Gasteiger partial charge in [0.05, 0.1) is 11.0 Å². The Morgan fingerprint density at radius 1 is 1.41 bits per heavy atom. The Labute approximate surface area is 105 Å². The number of hydrogen-bond donors (Lipinski definition) is 1. The molecule has 4 heteroatoms. The molecule has 1 N–H and O–H groups in total. The van der Waals surface area contributed by atoms with Crippen LogP contribution >= 0.6 is 11.3 Å². The Hall–Kier alpha value is -1.26. The second-order valence-corrected chi connectivity index (χ2v) is 5.06. The van der Waals surface area contributed by atoms with E-state index in [1.807, 2.05) is 32.2 Å². The van der Waals surface area contributed by atoms with E-state index in [-0.39, 0.29) is 11.9 Å². The van der Waals surface area contributed by atoms with Gasteiger partial charge < -0.3 is 5.32 Å². The predicted molar refractivity (Wildman–Crippen MR) is 68.8 cm³/mol. The van der Waals surface area contributed by atoms with Gasteiger partial charge >= 0.3 is 0 Å². The van der Waals surface area contributed by atoms with Crippen LogP contribution in [0.4, 0.5) is 4.39 Å². The van der Waals surface area contributed by atoms with Gasteiger partial charge in [0.1, 0.15) is 5.82 Å². The summed E-state index contributed by atoms with van der Waals surface area (Å²) in [5.74, 6) is -0.176. The predicted octanol–water partition coefficient (Wildman–Crippen LogP) is 3.29. The van der Waals surface area contributed by atoms with E-state index < -0.39 is 0 Å². The monoisotopic (exact) mass is 250 g/mol.